The predicted octanol–water partition coefficient (Wildman–Crippen LogP) is 6.84. The maximum absolute atomic E-state index is 12.4. The van der Waals surface area contributed by atoms with Crippen molar-refractivity contribution in [2.45, 2.75) is 58.2 Å². The number of nitrogens with zero attached hydrogens (tertiary/aromatic N) is 1. The molecular formula is C26H30ClNO4. The number of halogens is 1. The molecule has 1 saturated heterocycles. The zero-order chi connectivity index (χ0) is 22.8. The summed E-state index contributed by atoms with van der Waals surface area (Å²) < 4.78 is 17.2. The SMILES string of the molecule is CCCCCCCCC1COC(c2ccc(C(=O)Oc3ccc(C#N)c(Cl)c3)cc2)OC1. The highest BCUT2D eigenvalue weighted by molar-refractivity contribution is 6.31. The molecular weight excluding hydrogens is 426 g/mol. The molecule has 0 bridgehead atoms. The summed E-state index contributed by atoms with van der Waals surface area (Å²) in [6.07, 6.45) is 8.51. The van der Waals surface area contributed by atoms with Gasteiger partial charge in [0.1, 0.15) is 11.8 Å². The molecule has 0 aliphatic carbocycles. The van der Waals surface area contributed by atoms with E-state index in [9.17, 15) is 4.79 Å². The first-order valence-electron chi connectivity index (χ1n) is 11.4. The van der Waals surface area contributed by atoms with Gasteiger partial charge in [-0.25, -0.2) is 4.79 Å². The summed E-state index contributed by atoms with van der Waals surface area (Å²) in [6, 6.07) is 13.5. The van der Waals surface area contributed by atoms with Crippen LogP contribution in [0.5, 0.6) is 5.75 Å². The summed E-state index contributed by atoms with van der Waals surface area (Å²) in [5.41, 5.74) is 1.62. The van der Waals surface area contributed by atoms with Gasteiger partial charge in [-0.05, 0) is 30.7 Å². The summed E-state index contributed by atoms with van der Waals surface area (Å²) in [5, 5.41) is 9.17. The highest BCUT2D eigenvalue weighted by Crippen LogP contribution is 2.28. The lowest BCUT2D eigenvalue weighted by molar-refractivity contribution is -0.206. The van der Waals surface area contributed by atoms with E-state index in [0.717, 1.165) is 12.0 Å². The van der Waals surface area contributed by atoms with Crippen molar-refractivity contribution in [3.8, 4) is 11.8 Å². The molecule has 0 radical (unpaired) electrons. The third-order valence-corrected chi connectivity index (χ3v) is 5.94. The zero-order valence-electron chi connectivity index (χ0n) is 18.5. The minimum atomic E-state index is -0.498. The topological polar surface area (TPSA) is 68.5 Å². The van der Waals surface area contributed by atoms with E-state index in [-0.39, 0.29) is 5.02 Å². The van der Waals surface area contributed by atoms with Gasteiger partial charge in [-0.3, -0.25) is 0 Å². The molecule has 170 valence electrons. The molecule has 0 atom stereocenters. The monoisotopic (exact) mass is 455 g/mol. The van der Waals surface area contributed by atoms with Gasteiger partial charge in [0.25, 0.3) is 0 Å². The molecule has 32 heavy (non-hydrogen) atoms. The second kappa shape index (κ2) is 12.6. The quantitative estimate of drug-likeness (QED) is 0.223. The van der Waals surface area contributed by atoms with Crippen molar-refractivity contribution >= 4 is 17.6 Å². The van der Waals surface area contributed by atoms with Crippen molar-refractivity contribution in [1.29, 1.82) is 5.26 Å². The Hall–Kier alpha value is -2.39. The Kier molecular flexibility index (Phi) is 9.55. The summed E-state index contributed by atoms with van der Waals surface area (Å²) >= 11 is 5.99. The number of nitriles is 1. The first kappa shape index (κ1) is 24.3. The fraction of sp³-hybridized carbons (Fsp3) is 0.462. The van der Waals surface area contributed by atoms with Gasteiger partial charge in [0.2, 0.25) is 0 Å². The van der Waals surface area contributed by atoms with Crippen LogP contribution >= 0.6 is 11.6 Å². The Labute approximate surface area is 195 Å². The third-order valence-electron chi connectivity index (χ3n) is 5.62. The number of unbranched alkanes of at least 4 members (excludes halogenated alkanes) is 5. The number of rotatable bonds is 10. The third kappa shape index (κ3) is 7.06. The minimum Gasteiger partial charge on any atom is -0.423 e. The number of carbonyl (C=O) groups is 1. The van der Waals surface area contributed by atoms with Crippen molar-refractivity contribution in [3.05, 3.63) is 64.2 Å². The number of esters is 1. The van der Waals surface area contributed by atoms with E-state index in [4.69, 9.17) is 31.1 Å². The second-order valence-corrected chi connectivity index (χ2v) is 8.59. The predicted molar refractivity (Wildman–Crippen MR) is 124 cm³/mol. The molecule has 0 unspecified atom stereocenters. The van der Waals surface area contributed by atoms with E-state index in [1.165, 1.54) is 50.7 Å². The van der Waals surface area contributed by atoms with Crippen LogP contribution in [0.4, 0.5) is 0 Å². The number of hydrogen-bond donors (Lipinski definition) is 0. The molecule has 0 aromatic heterocycles. The van der Waals surface area contributed by atoms with Crippen molar-refractivity contribution in [3.63, 3.8) is 0 Å². The Morgan fingerprint density at radius 3 is 2.41 bits per heavy atom. The van der Waals surface area contributed by atoms with Gasteiger partial charge in [0.05, 0.1) is 29.4 Å². The molecule has 5 nitrogen and oxygen atoms in total. The van der Waals surface area contributed by atoms with Gasteiger partial charge in [0.15, 0.2) is 6.29 Å². The van der Waals surface area contributed by atoms with Crippen LogP contribution in [0.3, 0.4) is 0 Å². The number of ether oxygens (including phenoxy) is 3. The Morgan fingerprint density at radius 2 is 1.75 bits per heavy atom. The molecule has 3 rings (SSSR count). The van der Waals surface area contributed by atoms with E-state index in [0.29, 0.717) is 36.0 Å². The highest BCUT2D eigenvalue weighted by Gasteiger charge is 2.23. The van der Waals surface area contributed by atoms with Crippen LogP contribution in [-0.2, 0) is 9.47 Å². The lowest BCUT2D eigenvalue weighted by atomic mass is 10.0. The summed E-state index contributed by atoms with van der Waals surface area (Å²) in [4.78, 5) is 12.4. The van der Waals surface area contributed by atoms with E-state index in [1.807, 2.05) is 18.2 Å². The van der Waals surface area contributed by atoms with Gasteiger partial charge in [0, 0.05) is 17.5 Å². The zero-order valence-corrected chi connectivity index (χ0v) is 19.3. The van der Waals surface area contributed by atoms with Crippen LogP contribution < -0.4 is 4.74 Å². The standard InChI is InChI=1S/C26H30ClNO4/c1-2-3-4-5-6-7-8-19-17-30-26(31-18-19)21-11-9-20(10-12-21)25(29)32-23-14-13-22(16-28)24(27)15-23/h9-15,19,26H,2-8,17-18H2,1H3. The van der Waals surface area contributed by atoms with Crippen molar-refractivity contribution < 1.29 is 19.0 Å². The second-order valence-electron chi connectivity index (χ2n) is 8.19. The van der Waals surface area contributed by atoms with E-state index >= 15 is 0 Å². The number of carbonyl (C=O) groups excluding carboxylic acids is 1. The maximum atomic E-state index is 12.4. The van der Waals surface area contributed by atoms with E-state index in [2.05, 4.69) is 6.92 Å². The molecule has 0 amide bonds. The molecule has 6 heteroatoms. The highest BCUT2D eigenvalue weighted by atomic mass is 35.5. The largest absolute Gasteiger partial charge is 0.423 e. The molecule has 0 N–H and O–H groups in total. The Morgan fingerprint density at radius 1 is 1.06 bits per heavy atom. The fourth-order valence-electron chi connectivity index (χ4n) is 3.71. The lowest BCUT2D eigenvalue weighted by Gasteiger charge is -2.29. The van der Waals surface area contributed by atoms with Crippen molar-refractivity contribution in [2.24, 2.45) is 5.92 Å². The molecule has 1 aliphatic heterocycles. The van der Waals surface area contributed by atoms with Crippen LogP contribution in [0.25, 0.3) is 0 Å². The van der Waals surface area contributed by atoms with E-state index < -0.39 is 12.3 Å². The Balaban J connectivity index is 1.44. The van der Waals surface area contributed by atoms with Gasteiger partial charge in [-0.15, -0.1) is 0 Å². The average molecular weight is 456 g/mol. The molecule has 1 aliphatic rings. The van der Waals surface area contributed by atoms with Crippen LogP contribution in [-0.4, -0.2) is 19.2 Å². The average Bonchev–Trinajstić information content (AvgIpc) is 2.82. The fourth-order valence-corrected chi connectivity index (χ4v) is 3.92. The summed E-state index contributed by atoms with van der Waals surface area (Å²) in [5.74, 6) is 0.242. The maximum Gasteiger partial charge on any atom is 0.343 e. The van der Waals surface area contributed by atoms with Crippen molar-refractivity contribution in [2.75, 3.05) is 13.2 Å². The molecule has 0 saturated carbocycles. The Bertz CT molecular complexity index is 914. The first-order valence-corrected chi connectivity index (χ1v) is 11.7. The normalized spacial score (nSPS) is 18.2. The summed E-state index contributed by atoms with van der Waals surface area (Å²) in [7, 11) is 0. The van der Waals surface area contributed by atoms with Gasteiger partial charge in [-0.1, -0.05) is 69.2 Å². The minimum absolute atomic E-state index is 0.245. The molecule has 0 spiro atoms. The van der Waals surface area contributed by atoms with Gasteiger partial charge in [-0.2, -0.15) is 5.26 Å². The van der Waals surface area contributed by atoms with Gasteiger partial charge < -0.3 is 14.2 Å². The molecule has 1 fully saturated rings. The lowest BCUT2D eigenvalue weighted by Crippen LogP contribution is -2.27. The molecule has 2 aromatic carbocycles. The number of hydrogen-bond acceptors (Lipinski definition) is 5. The number of benzene rings is 2. The van der Waals surface area contributed by atoms with Gasteiger partial charge >= 0.3 is 5.97 Å². The van der Waals surface area contributed by atoms with Crippen LogP contribution in [0.2, 0.25) is 5.02 Å². The summed E-state index contributed by atoms with van der Waals surface area (Å²) in [6.45, 7) is 3.63. The van der Waals surface area contributed by atoms with Crippen molar-refractivity contribution in [1.82, 2.24) is 0 Å². The molecule has 1 heterocycles. The smallest absolute Gasteiger partial charge is 0.343 e. The molecule has 2 aromatic rings. The first-order chi connectivity index (χ1) is 15.6. The van der Waals surface area contributed by atoms with Crippen LogP contribution in [0, 0.1) is 17.2 Å². The van der Waals surface area contributed by atoms with Crippen LogP contribution in [0.1, 0.15) is 79.6 Å². The van der Waals surface area contributed by atoms with Crippen LogP contribution in [0.15, 0.2) is 42.5 Å². The van der Waals surface area contributed by atoms with E-state index in [1.54, 1.807) is 18.2 Å².